The molecule has 2 aromatic carbocycles. The molecule has 25 heavy (non-hydrogen) atoms. The van der Waals surface area contributed by atoms with E-state index >= 15 is 0 Å². The van der Waals surface area contributed by atoms with Gasteiger partial charge in [0, 0.05) is 10.6 Å². The fourth-order valence-corrected chi connectivity index (χ4v) is 2.87. The fourth-order valence-electron chi connectivity index (χ4n) is 2.66. The first-order chi connectivity index (χ1) is 11.9. The van der Waals surface area contributed by atoms with Crippen LogP contribution in [0.2, 0.25) is 5.02 Å². The number of anilines is 1. The Balaban J connectivity index is 1.83. The fraction of sp³-hybridized carbons (Fsp3) is 0.158. The number of hydrogen-bond acceptors (Lipinski definition) is 2. The van der Waals surface area contributed by atoms with E-state index in [-0.39, 0.29) is 11.5 Å². The summed E-state index contributed by atoms with van der Waals surface area (Å²) in [6.07, 6.45) is 0. The number of nitrogens with zero attached hydrogens (tertiary/aromatic N) is 2. The van der Waals surface area contributed by atoms with E-state index in [1.807, 2.05) is 42.8 Å². The molecule has 0 spiro atoms. The molecule has 1 heterocycles. The second kappa shape index (κ2) is 7.07. The van der Waals surface area contributed by atoms with Crippen LogP contribution in [0, 0.1) is 19.7 Å². The van der Waals surface area contributed by atoms with Gasteiger partial charge in [-0.15, -0.1) is 0 Å². The topological polar surface area (TPSA) is 46.9 Å². The van der Waals surface area contributed by atoms with E-state index in [0.29, 0.717) is 22.9 Å². The van der Waals surface area contributed by atoms with Gasteiger partial charge in [0.25, 0.3) is 5.91 Å². The molecule has 128 valence electrons. The summed E-state index contributed by atoms with van der Waals surface area (Å²) in [7, 11) is 0. The summed E-state index contributed by atoms with van der Waals surface area (Å²) in [6.45, 7) is 4.25. The van der Waals surface area contributed by atoms with Gasteiger partial charge in [-0.3, -0.25) is 9.48 Å². The molecule has 0 aliphatic heterocycles. The Labute approximate surface area is 150 Å². The van der Waals surface area contributed by atoms with Crippen molar-refractivity contribution in [3.05, 3.63) is 81.9 Å². The van der Waals surface area contributed by atoms with Crippen molar-refractivity contribution in [2.75, 3.05) is 5.32 Å². The van der Waals surface area contributed by atoms with Crippen molar-refractivity contribution in [3.63, 3.8) is 0 Å². The number of halogens is 2. The number of carbonyl (C=O) groups excluding carboxylic acids is 1. The van der Waals surface area contributed by atoms with E-state index in [0.717, 1.165) is 11.3 Å². The molecule has 0 unspecified atom stereocenters. The Kier molecular flexibility index (Phi) is 4.86. The lowest BCUT2D eigenvalue weighted by atomic mass is 10.2. The lowest BCUT2D eigenvalue weighted by Crippen LogP contribution is -2.13. The Bertz CT molecular complexity index is 936. The highest BCUT2D eigenvalue weighted by Gasteiger charge is 2.16. The Morgan fingerprint density at radius 3 is 2.68 bits per heavy atom. The predicted octanol–water partition coefficient (Wildman–Crippen LogP) is 4.59. The lowest BCUT2D eigenvalue weighted by molar-refractivity contribution is 0.102. The second-order valence-electron chi connectivity index (χ2n) is 5.80. The molecule has 0 atom stereocenters. The standard InChI is InChI=1S/C19H17ClFN3O/c1-12-18(22-19(25)15-6-4-8-17(21)10-15)13(2)24(23-12)11-14-5-3-7-16(20)9-14/h3-10H,11H2,1-2H3,(H,22,25). The Hall–Kier alpha value is -2.66. The van der Waals surface area contributed by atoms with Crippen molar-refractivity contribution in [2.24, 2.45) is 0 Å². The van der Waals surface area contributed by atoms with E-state index in [4.69, 9.17) is 11.6 Å². The number of benzene rings is 2. The van der Waals surface area contributed by atoms with Gasteiger partial charge < -0.3 is 5.32 Å². The maximum Gasteiger partial charge on any atom is 0.255 e. The minimum absolute atomic E-state index is 0.265. The molecule has 3 aromatic rings. The van der Waals surface area contributed by atoms with Crippen molar-refractivity contribution >= 4 is 23.2 Å². The van der Waals surface area contributed by atoms with Crippen LogP contribution in [-0.2, 0) is 6.54 Å². The van der Waals surface area contributed by atoms with Crippen LogP contribution in [0.15, 0.2) is 48.5 Å². The van der Waals surface area contributed by atoms with Gasteiger partial charge in [-0.1, -0.05) is 29.8 Å². The van der Waals surface area contributed by atoms with Crippen molar-refractivity contribution < 1.29 is 9.18 Å². The van der Waals surface area contributed by atoms with Crippen molar-refractivity contribution in [2.45, 2.75) is 20.4 Å². The first-order valence-corrected chi connectivity index (χ1v) is 8.17. The molecule has 0 bridgehead atoms. The SMILES string of the molecule is Cc1nn(Cc2cccc(Cl)c2)c(C)c1NC(=O)c1cccc(F)c1. The van der Waals surface area contributed by atoms with Gasteiger partial charge in [0.1, 0.15) is 5.82 Å². The smallest absolute Gasteiger partial charge is 0.255 e. The summed E-state index contributed by atoms with van der Waals surface area (Å²) in [6, 6.07) is 13.1. The van der Waals surface area contributed by atoms with E-state index in [1.165, 1.54) is 18.2 Å². The molecule has 0 radical (unpaired) electrons. The largest absolute Gasteiger partial charge is 0.319 e. The predicted molar refractivity (Wildman–Crippen MR) is 96.6 cm³/mol. The van der Waals surface area contributed by atoms with Gasteiger partial charge in [0.2, 0.25) is 0 Å². The number of nitrogens with one attached hydrogen (secondary N) is 1. The van der Waals surface area contributed by atoms with Crippen LogP contribution in [0.25, 0.3) is 0 Å². The highest BCUT2D eigenvalue weighted by Crippen LogP contribution is 2.22. The number of carbonyl (C=O) groups is 1. The first-order valence-electron chi connectivity index (χ1n) is 7.79. The minimum Gasteiger partial charge on any atom is -0.319 e. The average molecular weight is 358 g/mol. The first kappa shape index (κ1) is 17.2. The molecule has 0 aliphatic carbocycles. The third-order valence-corrected chi connectivity index (χ3v) is 4.16. The third kappa shape index (κ3) is 3.88. The highest BCUT2D eigenvalue weighted by molar-refractivity contribution is 6.30. The average Bonchev–Trinajstić information content (AvgIpc) is 2.82. The molecule has 0 aliphatic rings. The van der Waals surface area contributed by atoms with Crippen molar-refractivity contribution in [1.29, 1.82) is 0 Å². The number of rotatable bonds is 4. The molecular weight excluding hydrogens is 341 g/mol. The van der Waals surface area contributed by atoms with Crippen LogP contribution >= 0.6 is 11.6 Å². The maximum absolute atomic E-state index is 13.3. The summed E-state index contributed by atoms with van der Waals surface area (Å²) >= 11 is 6.02. The lowest BCUT2D eigenvalue weighted by Gasteiger charge is -2.08. The minimum atomic E-state index is -0.447. The summed E-state index contributed by atoms with van der Waals surface area (Å²) in [4.78, 5) is 12.4. The summed E-state index contributed by atoms with van der Waals surface area (Å²) in [5.41, 5.74) is 3.44. The number of aryl methyl sites for hydroxylation is 1. The zero-order chi connectivity index (χ0) is 18.0. The van der Waals surface area contributed by atoms with Crippen LogP contribution in [0.3, 0.4) is 0 Å². The van der Waals surface area contributed by atoms with Gasteiger partial charge in [-0.2, -0.15) is 5.10 Å². The molecule has 0 saturated carbocycles. The zero-order valence-corrected chi connectivity index (χ0v) is 14.6. The van der Waals surface area contributed by atoms with E-state index < -0.39 is 5.82 Å². The van der Waals surface area contributed by atoms with Gasteiger partial charge in [0.05, 0.1) is 23.6 Å². The third-order valence-electron chi connectivity index (χ3n) is 3.93. The van der Waals surface area contributed by atoms with E-state index in [9.17, 15) is 9.18 Å². The molecule has 1 aromatic heterocycles. The van der Waals surface area contributed by atoms with Gasteiger partial charge >= 0.3 is 0 Å². The summed E-state index contributed by atoms with van der Waals surface area (Å²) in [5.74, 6) is -0.814. The monoisotopic (exact) mass is 357 g/mol. The second-order valence-corrected chi connectivity index (χ2v) is 6.23. The number of hydrogen-bond donors (Lipinski definition) is 1. The summed E-state index contributed by atoms with van der Waals surface area (Å²) < 4.78 is 15.1. The molecular formula is C19H17ClFN3O. The van der Waals surface area contributed by atoms with Crippen LogP contribution in [-0.4, -0.2) is 15.7 Å². The van der Waals surface area contributed by atoms with Gasteiger partial charge in [-0.05, 0) is 49.7 Å². The number of aromatic nitrogens is 2. The van der Waals surface area contributed by atoms with Crippen LogP contribution in [0.1, 0.15) is 27.3 Å². The van der Waals surface area contributed by atoms with Crippen molar-refractivity contribution in [1.82, 2.24) is 9.78 Å². The van der Waals surface area contributed by atoms with Crippen LogP contribution in [0.5, 0.6) is 0 Å². The molecule has 1 N–H and O–H groups in total. The van der Waals surface area contributed by atoms with Crippen LogP contribution < -0.4 is 5.32 Å². The summed E-state index contributed by atoms with van der Waals surface area (Å²) in [5, 5.41) is 7.97. The van der Waals surface area contributed by atoms with Crippen molar-refractivity contribution in [3.8, 4) is 0 Å². The molecule has 3 rings (SSSR count). The van der Waals surface area contributed by atoms with E-state index in [2.05, 4.69) is 10.4 Å². The highest BCUT2D eigenvalue weighted by atomic mass is 35.5. The van der Waals surface area contributed by atoms with Gasteiger partial charge in [0.15, 0.2) is 0 Å². The Morgan fingerprint density at radius 1 is 1.20 bits per heavy atom. The molecule has 1 amide bonds. The molecule has 0 fully saturated rings. The van der Waals surface area contributed by atoms with E-state index in [1.54, 1.807) is 6.07 Å². The maximum atomic E-state index is 13.3. The molecule has 0 saturated heterocycles. The molecule has 6 heteroatoms. The zero-order valence-electron chi connectivity index (χ0n) is 13.9. The van der Waals surface area contributed by atoms with Gasteiger partial charge in [-0.25, -0.2) is 4.39 Å². The van der Waals surface area contributed by atoms with Crippen LogP contribution in [0.4, 0.5) is 10.1 Å². The quantitative estimate of drug-likeness (QED) is 0.742. The number of amides is 1. The Morgan fingerprint density at radius 2 is 1.96 bits per heavy atom. The molecule has 4 nitrogen and oxygen atoms in total. The normalized spacial score (nSPS) is 10.7.